The van der Waals surface area contributed by atoms with Gasteiger partial charge in [-0.1, -0.05) is 6.07 Å². The number of amides is 3. The van der Waals surface area contributed by atoms with Crippen LogP contribution in [-0.4, -0.2) is 40.0 Å². The molecule has 8 heteroatoms. The van der Waals surface area contributed by atoms with Gasteiger partial charge in [-0.05, 0) is 41.6 Å². The molecule has 0 bridgehead atoms. The number of hydrogen-bond acceptors (Lipinski definition) is 6. The summed E-state index contributed by atoms with van der Waals surface area (Å²) in [5, 5.41) is 2.24. The van der Waals surface area contributed by atoms with E-state index in [9.17, 15) is 14.4 Å². The van der Waals surface area contributed by atoms with Crippen molar-refractivity contribution in [3.05, 3.63) is 59.2 Å². The molecule has 7 nitrogen and oxygen atoms in total. The van der Waals surface area contributed by atoms with E-state index in [0.29, 0.717) is 4.91 Å². The van der Waals surface area contributed by atoms with E-state index in [-0.39, 0.29) is 30.0 Å². The Morgan fingerprint density at radius 2 is 2.21 bits per heavy atom. The zero-order valence-corrected chi connectivity index (χ0v) is 13.3. The third kappa shape index (κ3) is 3.54. The number of hydrogen-bond donors (Lipinski definition) is 1. The van der Waals surface area contributed by atoms with Crippen molar-refractivity contribution in [1.82, 2.24) is 15.2 Å². The predicted octanol–water partition coefficient (Wildman–Crippen LogP) is 2.14. The van der Waals surface area contributed by atoms with Crippen LogP contribution >= 0.6 is 11.8 Å². The molecule has 1 N–H and O–H groups in total. The SMILES string of the molecule is O=C(NCCN1C(=O)S/C(=C\c2cccnc2)C1=O)c1ccco1. The van der Waals surface area contributed by atoms with Crippen LogP contribution in [0.5, 0.6) is 0 Å². The van der Waals surface area contributed by atoms with E-state index in [1.165, 1.54) is 12.3 Å². The van der Waals surface area contributed by atoms with Crippen molar-refractivity contribution in [3.63, 3.8) is 0 Å². The number of thioether (sulfide) groups is 1. The fraction of sp³-hybridized carbons (Fsp3) is 0.125. The van der Waals surface area contributed by atoms with Crippen LogP contribution in [0.2, 0.25) is 0 Å². The molecule has 2 aromatic rings. The molecule has 1 aliphatic rings. The van der Waals surface area contributed by atoms with Gasteiger partial charge in [0.2, 0.25) is 0 Å². The third-order valence-electron chi connectivity index (χ3n) is 3.22. The number of carbonyl (C=O) groups is 3. The van der Waals surface area contributed by atoms with E-state index in [0.717, 1.165) is 22.2 Å². The van der Waals surface area contributed by atoms with Crippen LogP contribution in [0.3, 0.4) is 0 Å². The average Bonchev–Trinajstić information content (AvgIpc) is 3.20. The summed E-state index contributed by atoms with van der Waals surface area (Å²) < 4.78 is 4.96. The van der Waals surface area contributed by atoms with Crippen LogP contribution in [0.1, 0.15) is 16.1 Å². The van der Waals surface area contributed by atoms with Crippen molar-refractivity contribution < 1.29 is 18.8 Å². The lowest BCUT2D eigenvalue weighted by atomic mass is 10.2. The second-order valence-electron chi connectivity index (χ2n) is 4.85. The van der Waals surface area contributed by atoms with E-state index in [4.69, 9.17) is 4.42 Å². The van der Waals surface area contributed by atoms with E-state index in [1.807, 2.05) is 0 Å². The van der Waals surface area contributed by atoms with Crippen LogP contribution < -0.4 is 5.32 Å². The lowest BCUT2D eigenvalue weighted by Crippen LogP contribution is -2.37. The number of aromatic nitrogens is 1. The first kappa shape index (κ1) is 16.0. The molecule has 0 saturated carbocycles. The van der Waals surface area contributed by atoms with Gasteiger partial charge in [-0.15, -0.1) is 0 Å². The number of pyridine rings is 1. The van der Waals surface area contributed by atoms with E-state index in [1.54, 1.807) is 36.7 Å². The van der Waals surface area contributed by atoms with Gasteiger partial charge in [0.05, 0.1) is 11.2 Å². The summed E-state index contributed by atoms with van der Waals surface area (Å²) in [5.74, 6) is -0.584. The van der Waals surface area contributed by atoms with Gasteiger partial charge >= 0.3 is 0 Å². The maximum Gasteiger partial charge on any atom is 0.293 e. The molecule has 2 aromatic heterocycles. The number of nitrogens with zero attached hydrogens (tertiary/aromatic N) is 2. The highest BCUT2D eigenvalue weighted by atomic mass is 32.2. The molecule has 122 valence electrons. The average molecular weight is 343 g/mol. The molecule has 24 heavy (non-hydrogen) atoms. The standard InChI is InChI=1S/C16H13N3O4S/c20-14(12-4-2-8-23-12)18-6-7-19-15(21)13(24-16(19)22)9-11-3-1-5-17-10-11/h1-5,8-10H,6-7H2,(H,18,20)/b13-9-. The predicted molar refractivity (Wildman–Crippen MR) is 88.0 cm³/mol. The summed E-state index contributed by atoms with van der Waals surface area (Å²) in [7, 11) is 0. The Hall–Kier alpha value is -2.87. The maximum absolute atomic E-state index is 12.3. The summed E-state index contributed by atoms with van der Waals surface area (Å²) in [6.45, 7) is 0.249. The Balaban J connectivity index is 1.59. The van der Waals surface area contributed by atoms with E-state index in [2.05, 4.69) is 10.3 Å². The topological polar surface area (TPSA) is 92.5 Å². The Morgan fingerprint density at radius 3 is 2.92 bits per heavy atom. The molecule has 3 heterocycles. The van der Waals surface area contributed by atoms with Crippen LogP contribution in [0.15, 0.2) is 52.2 Å². The molecule has 0 aromatic carbocycles. The van der Waals surface area contributed by atoms with Crippen molar-refractivity contribution in [3.8, 4) is 0 Å². The molecule has 0 unspecified atom stereocenters. The van der Waals surface area contributed by atoms with Gasteiger partial charge in [-0.3, -0.25) is 24.3 Å². The molecule has 0 radical (unpaired) electrons. The minimum absolute atomic E-state index is 0.0987. The highest BCUT2D eigenvalue weighted by molar-refractivity contribution is 8.18. The van der Waals surface area contributed by atoms with Crippen molar-refractivity contribution in [1.29, 1.82) is 0 Å². The maximum atomic E-state index is 12.3. The van der Waals surface area contributed by atoms with Crippen molar-refractivity contribution in [2.24, 2.45) is 0 Å². The van der Waals surface area contributed by atoms with Gasteiger partial charge in [-0.25, -0.2) is 0 Å². The monoisotopic (exact) mass is 343 g/mol. The molecule has 1 aliphatic heterocycles. The number of imide groups is 1. The zero-order valence-electron chi connectivity index (χ0n) is 12.5. The van der Waals surface area contributed by atoms with Gasteiger partial charge in [0, 0.05) is 25.5 Å². The quantitative estimate of drug-likeness (QED) is 0.836. The molecule has 3 rings (SSSR count). The van der Waals surface area contributed by atoms with Gasteiger partial charge < -0.3 is 9.73 Å². The van der Waals surface area contributed by atoms with Gasteiger partial charge in [0.15, 0.2) is 5.76 Å². The summed E-state index contributed by atoms with van der Waals surface area (Å²) in [6.07, 6.45) is 6.26. The normalized spacial score (nSPS) is 16.0. The van der Waals surface area contributed by atoms with Crippen LogP contribution in [-0.2, 0) is 4.79 Å². The minimum atomic E-state index is -0.391. The molecule has 1 fully saturated rings. The Kier molecular flexibility index (Phi) is 4.76. The Morgan fingerprint density at radius 1 is 1.33 bits per heavy atom. The lowest BCUT2D eigenvalue weighted by Gasteiger charge is -2.12. The fourth-order valence-corrected chi connectivity index (χ4v) is 2.95. The van der Waals surface area contributed by atoms with Crippen LogP contribution in [0.4, 0.5) is 4.79 Å². The number of furan rings is 1. The van der Waals surface area contributed by atoms with E-state index < -0.39 is 5.91 Å². The first-order chi connectivity index (χ1) is 11.6. The Labute approximate surface area is 141 Å². The molecule has 1 saturated heterocycles. The lowest BCUT2D eigenvalue weighted by molar-refractivity contribution is -0.122. The second-order valence-corrected chi connectivity index (χ2v) is 5.85. The third-order valence-corrected chi connectivity index (χ3v) is 4.13. The second kappa shape index (κ2) is 7.14. The van der Waals surface area contributed by atoms with Crippen LogP contribution in [0, 0.1) is 0 Å². The number of carbonyl (C=O) groups excluding carboxylic acids is 3. The smallest absolute Gasteiger partial charge is 0.293 e. The summed E-state index contributed by atoms with van der Waals surface area (Å²) >= 11 is 0.873. The number of rotatable bonds is 5. The summed E-state index contributed by atoms with van der Waals surface area (Å²) in [4.78, 5) is 41.4. The van der Waals surface area contributed by atoms with Crippen molar-refractivity contribution in [2.75, 3.05) is 13.1 Å². The molecule has 0 spiro atoms. The summed E-state index contributed by atoms with van der Waals surface area (Å²) in [6, 6.07) is 6.69. The molecule has 0 aliphatic carbocycles. The first-order valence-electron chi connectivity index (χ1n) is 7.12. The minimum Gasteiger partial charge on any atom is -0.459 e. The van der Waals surface area contributed by atoms with Gasteiger partial charge in [0.25, 0.3) is 17.1 Å². The fourth-order valence-electron chi connectivity index (χ4n) is 2.08. The first-order valence-corrected chi connectivity index (χ1v) is 7.94. The Bertz CT molecular complexity index is 787. The zero-order chi connectivity index (χ0) is 16.9. The van der Waals surface area contributed by atoms with E-state index >= 15 is 0 Å². The van der Waals surface area contributed by atoms with Gasteiger partial charge in [0.1, 0.15) is 0 Å². The highest BCUT2D eigenvalue weighted by Crippen LogP contribution is 2.31. The highest BCUT2D eigenvalue weighted by Gasteiger charge is 2.34. The number of nitrogens with one attached hydrogen (secondary N) is 1. The van der Waals surface area contributed by atoms with Crippen molar-refractivity contribution in [2.45, 2.75) is 0 Å². The van der Waals surface area contributed by atoms with Crippen LogP contribution in [0.25, 0.3) is 6.08 Å². The summed E-state index contributed by atoms with van der Waals surface area (Å²) in [5.41, 5.74) is 0.745. The largest absolute Gasteiger partial charge is 0.459 e. The van der Waals surface area contributed by atoms with Crippen molar-refractivity contribution >= 4 is 34.9 Å². The van der Waals surface area contributed by atoms with Gasteiger partial charge in [-0.2, -0.15) is 0 Å². The molecular weight excluding hydrogens is 330 g/mol. The molecular formula is C16H13N3O4S. The molecule has 3 amide bonds. The molecule has 0 atom stereocenters.